The third kappa shape index (κ3) is 2.93. The van der Waals surface area contributed by atoms with Gasteiger partial charge >= 0.3 is 0 Å². The smallest absolute Gasteiger partial charge is 0.134 e. The van der Waals surface area contributed by atoms with Gasteiger partial charge in [-0.2, -0.15) is 0 Å². The van der Waals surface area contributed by atoms with E-state index in [0.29, 0.717) is 10.8 Å². The molecule has 1 aromatic carbocycles. The van der Waals surface area contributed by atoms with E-state index in [2.05, 4.69) is 47.1 Å². The summed E-state index contributed by atoms with van der Waals surface area (Å²) >= 11 is 12.6. The van der Waals surface area contributed by atoms with Gasteiger partial charge in [-0.05, 0) is 50.1 Å². The monoisotopic (exact) mass is 361 g/mol. The van der Waals surface area contributed by atoms with Gasteiger partial charge in [0.2, 0.25) is 0 Å². The molecule has 0 saturated carbocycles. The Bertz CT molecular complexity index is 519. The molecule has 6 heteroatoms. The van der Waals surface area contributed by atoms with E-state index in [1.165, 1.54) is 6.33 Å². The number of anilines is 2. The van der Waals surface area contributed by atoms with Crippen LogP contribution in [-0.2, 0) is 0 Å². The van der Waals surface area contributed by atoms with E-state index in [1.54, 1.807) is 6.07 Å². The molecule has 2 rings (SSSR count). The van der Waals surface area contributed by atoms with Gasteiger partial charge in [0.15, 0.2) is 0 Å². The fraction of sp³-hybridized carbons (Fsp3) is 0. The van der Waals surface area contributed by atoms with Crippen LogP contribution in [0.3, 0.4) is 0 Å². The number of halogens is 3. The first-order valence-electron chi connectivity index (χ1n) is 4.35. The quantitative estimate of drug-likeness (QED) is 0.804. The summed E-state index contributed by atoms with van der Waals surface area (Å²) in [6.07, 6.45) is 1.48. The highest BCUT2D eigenvalue weighted by atomic mass is 79.9. The normalized spacial score (nSPS) is 10.2. The summed E-state index contributed by atoms with van der Waals surface area (Å²) in [5.41, 5.74) is 0.874. The maximum atomic E-state index is 5.98. The van der Waals surface area contributed by atoms with Crippen molar-refractivity contribution in [2.75, 3.05) is 5.32 Å². The van der Waals surface area contributed by atoms with Gasteiger partial charge in [-0.15, -0.1) is 0 Å². The molecule has 16 heavy (non-hydrogen) atoms. The second-order valence-electron chi connectivity index (χ2n) is 2.98. The van der Waals surface area contributed by atoms with Crippen LogP contribution >= 0.6 is 43.5 Å². The van der Waals surface area contributed by atoms with Crippen LogP contribution in [0.4, 0.5) is 11.5 Å². The van der Waals surface area contributed by atoms with Crippen molar-refractivity contribution in [2.45, 2.75) is 0 Å². The summed E-state index contributed by atoms with van der Waals surface area (Å²) in [4.78, 5) is 8.03. The Morgan fingerprint density at radius 2 is 1.94 bits per heavy atom. The van der Waals surface area contributed by atoms with Crippen LogP contribution in [0.25, 0.3) is 0 Å². The maximum absolute atomic E-state index is 5.98. The van der Waals surface area contributed by atoms with Crippen molar-refractivity contribution in [1.82, 2.24) is 9.97 Å². The Balaban J connectivity index is 2.24. The Kier molecular flexibility index (Phi) is 3.78. The molecule has 0 atom stereocenters. The number of hydrogen-bond acceptors (Lipinski definition) is 3. The van der Waals surface area contributed by atoms with Gasteiger partial charge in [-0.1, -0.05) is 11.6 Å². The van der Waals surface area contributed by atoms with Crippen molar-refractivity contribution in [3.05, 3.63) is 44.7 Å². The van der Waals surface area contributed by atoms with E-state index in [4.69, 9.17) is 11.6 Å². The number of nitrogens with one attached hydrogen (secondary N) is 1. The lowest BCUT2D eigenvalue weighted by Crippen LogP contribution is -1.94. The van der Waals surface area contributed by atoms with E-state index in [-0.39, 0.29) is 0 Å². The minimum Gasteiger partial charge on any atom is -0.340 e. The summed E-state index contributed by atoms with van der Waals surface area (Å²) < 4.78 is 1.59. The molecule has 0 saturated heterocycles. The molecular weight excluding hydrogens is 357 g/mol. The molecule has 0 bridgehead atoms. The molecule has 0 aliphatic heterocycles. The fourth-order valence-electron chi connectivity index (χ4n) is 1.12. The van der Waals surface area contributed by atoms with Crippen LogP contribution in [-0.4, -0.2) is 9.97 Å². The molecule has 0 unspecified atom stereocenters. The van der Waals surface area contributed by atoms with E-state index in [1.807, 2.05) is 18.2 Å². The minimum absolute atomic E-state index is 0.651. The maximum Gasteiger partial charge on any atom is 0.134 e. The van der Waals surface area contributed by atoms with Gasteiger partial charge in [0.05, 0.1) is 5.02 Å². The zero-order valence-electron chi connectivity index (χ0n) is 7.92. The molecule has 0 fully saturated rings. The largest absolute Gasteiger partial charge is 0.340 e. The first kappa shape index (κ1) is 11.8. The summed E-state index contributed by atoms with van der Waals surface area (Å²) in [6, 6.07) is 7.39. The Morgan fingerprint density at radius 1 is 1.12 bits per heavy atom. The fourth-order valence-corrected chi connectivity index (χ4v) is 1.86. The standard InChI is InChI=1S/C10H6Br2ClN3/c11-7-2-1-6(3-8(7)13)16-10-4-9(12)14-5-15-10/h1-5H,(H,14,15,16). The van der Waals surface area contributed by atoms with Crippen molar-refractivity contribution in [2.24, 2.45) is 0 Å². The summed E-state index contributed by atoms with van der Waals surface area (Å²) in [6.45, 7) is 0. The van der Waals surface area contributed by atoms with Crippen LogP contribution in [0.5, 0.6) is 0 Å². The van der Waals surface area contributed by atoms with Gasteiger partial charge in [-0.3, -0.25) is 0 Å². The van der Waals surface area contributed by atoms with Crippen LogP contribution in [0.15, 0.2) is 39.7 Å². The first-order chi connectivity index (χ1) is 7.65. The molecule has 0 aliphatic rings. The lowest BCUT2D eigenvalue weighted by Gasteiger charge is -2.06. The SMILES string of the molecule is Clc1cc(Nc2cc(Br)ncn2)ccc1Br. The zero-order valence-corrected chi connectivity index (χ0v) is 11.8. The first-order valence-corrected chi connectivity index (χ1v) is 6.31. The van der Waals surface area contributed by atoms with Gasteiger partial charge in [0.1, 0.15) is 16.7 Å². The van der Waals surface area contributed by atoms with E-state index >= 15 is 0 Å². The van der Waals surface area contributed by atoms with Crippen molar-refractivity contribution in [3.8, 4) is 0 Å². The second kappa shape index (κ2) is 5.12. The lowest BCUT2D eigenvalue weighted by atomic mass is 10.3. The van der Waals surface area contributed by atoms with Crippen LogP contribution in [0.2, 0.25) is 5.02 Å². The predicted molar refractivity (Wildman–Crippen MR) is 72.2 cm³/mol. The highest BCUT2D eigenvalue weighted by Gasteiger charge is 2.01. The van der Waals surface area contributed by atoms with Gasteiger partial charge in [0.25, 0.3) is 0 Å². The van der Waals surface area contributed by atoms with Crippen molar-refractivity contribution in [3.63, 3.8) is 0 Å². The molecule has 1 N–H and O–H groups in total. The molecule has 82 valence electrons. The van der Waals surface area contributed by atoms with E-state index in [0.717, 1.165) is 14.8 Å². The molecule has 0 amide bonds. The summed E-state index contributed by atoms with van der Waals surface area (Å²) in [5, 5.41) is 3.78. The van der Waals surface area contributed by atoms with Gasteiger partial charge in [0, 0.05) is 16.2 Å². The average molecular weight is 363 g/mol. The van der Waals surface area contributed by atoms with Crippen LogP contribution in [0, 0.1) is 0 Å². The van der Waals surface area contributed by atoms with Gasteiger partial charge in [-0.25, -0.2) is 9.97 Å². The average Bonchev–Trinajstić information content (AvgIpc) is 2.24. The third-order valence-corrected chi connectivity index (χ3v) is 3.49. The summed E-state index contributed by atoms with van der Waals surface area (Å²) in [7, 11) is 0. The Morgan fingerprint density at radius 3 is 2.62 bits per heavy atom. The number of rotatable bonds is 2. The van der Waals surface area contributed by atoms with Crippen molar-refractivity contribution < 1.29 is 0 Å². The molecule has 0 aliphatic carbocycles. The number of hydrogen-bond donors (Lipinski definition) is 1. The minimum atomic E-state index is 0.651. The van der Waals surface area contributed by atoms with Gasteiger partial charge < -0.3 is 5.32 Å². The van der Waals surface area contributed by atoms with Crippen molar-refractivity contribution in [1.29, 1.82) is 0 Å². The summed E-state index contributed by atoms with van der Waals surface area (Å²) in [5.74, 6) is 0.709. The molecular formula is C10H6Br2ClN3. The van der Waals surface area contributed by atoms with Crippen molar-refractivity contribution >= 4 is 55.0 Å². The second-order valence-corrected chi connectivity index (χ2v) is 5.05. The van der Waals surface area contributed by atoms with Crippen LogP contribution in [0.1, 0.15) is 0 Å². The Hall–Kier alpha value is -0.650. The molecule has 2 aromatic rings. The van der Waals surface area contributed by atoms with E-state index in [9.17, 15) is 0 Å². The lowest BCUT2D eigenvalue weighted by molar-refractivity contribution is 1.14. The number of aromatic nitrogens is 2. The highest BCUT2D eigenvalue weighted by Crippen LogP contribution is 2.27. The predicted octanol–water partition coefficient (Wildman–Crippen LogP) is 4.40. The molecule has 0 radical (unpaired) electrons. The van der Waals surface area contributed by atoms with E-state index < -0.39 is 0 Å². The number of nitrogens with zero attached hydrogens (tertiary/aromatic N) is 2. The highest BCUT2D eigenvalue weighted by molar-refractivity contribution is 9.10. The third-order valence-electron chi connectivity index (χ3n) is 1.83. The molecule has 1 aromatic heterocycles. The molecule has 3 nitrogen and oxygen atoms in total. The molecule has 0 spiro atoms. The topological polar surface area (TPSA) is 37.8 Å². The Labute approximate surface area is 115 Å². The number of benzene rings is 1. The van der Waals surface area contributed by atoms with Crippen LogP contribution < -0.4 is 5.32 Å². The zero-order chi connectivity index (χ0) is 11.5. The molecule has 1 heterocycles.